The van der Waals surface area contributed by atoms with E-state index in [9.17, 15) is 17.8 Å². The highest BCUT2D eigenvalue weighted by atomic mass is 32.2. The number of nitrogens with one attached hydrogen (secondary N) is 1. The van der Waals surface area contributed by atoms with Crippen LogP contribution >= 0.6 is 0 Å². The van der Waals surface area contributed by atoms with Crippen LogP contribution in [0.1, 0.15) is 38.3 Å². The van der Waals surface area contributed by atoms with Gasteiger partial charge in [0, 0.05) is 19.1 Å². The second-order valence-corrected chi connectivity index (χ2v) is 10.4. The molecule has 3 atom stereocenters. The Balaban J connectivity index is 0.000000343. The van der Waals surface area contributed by atoms with Crippen molar-refractivity contribution in [3.8, 4) is 0 Å². The third kappa shape index (κ3) is 7.83. The van der Waals surface area contributed by atoms with E-state index in [1.807, 2.05) is 39.0 Å². The summed E-state index contributed by atoms with van der Waals surface area (Å²) in [4.78, 5) is 15.0. The molecule has 0 saturated carbocycles. The lowest BCUT2D eigenvalue weighted by Crippen LogP contribution is -2.50. The molecular weight excluding hydrogens is 464 g/mol. The van der Waals surface area contributed by atoms with Crippen molar-refractivity contribution in [3.05, 3.63) is 65.2 Å². The predicted molar refractivity (Wildman–Crippen MR) is 125 cm³/mol. The highest BCUT2D eigenvalue weighted by Crippen LogP contribution is 2.29. The number of halogens is 2. The van der Waals surface area contributed by atoms with E-state index in [1.165, 1.54) is 5.56 Å². The highest BCUT2D eigenvalue weighted by Gasteiger charge is 2.32. The fraction of sp³-hybridized carbons (Fsp3) is 0.458. The van der Waals surface area contributed by atoms with Crippen molar-refractivity contribution < 1.29 is 27.3 Å². The average Bonchev–Trinajstić information content (AvgIpc) is 3.18. The predicted octanol–water partition coefficient (Wildman–Crippen LogP) is 3.63. The van der Waals surface area contributed by atoms with Gasteiger partial charge < -0.3 is 14.8 Å². The molecule has 0 spiro atoms. The Morgan fingerprint density at radius 2 is 1.71 bits per heavy atom. The summed E-state index contributed by atoms with van der Waals surface area (Å²) in [5.74, 6) is -0.821. The lowest BCUT2D eigenvalue weighted by molar-refractivity contribution is -0.00782. The molecule has 186 valence electrons. The number of benzene rings is 2. The fourth-order valence-electron chi connectivity index (χ4n) is 3.85. The van der Waals surface area contributed by atoms with Crippen LogP contribution in [0.15, 0.2) is 47.4 Å². The molecule has 34 heavy (non-hydrogen) atoms. The molecule has 4 rings (SSSR count). The van der Waals surface area contributed by atoms with Crippen LogP contribution in [0.3, 0.4) is 0 Å². The zero-order valence-electron chi connectivity index (χ0n) is 19.6. The number of rotatable bonds is 3. The molecule has 2 aliphatic rings. The Bertz CT molecular complexity index is 993. The minimum Gasteiger partial charge on any atom is -0.444 e. The molecule has 10 heteroatoms. The topological polar surface area (TPSA) is 93.9 Å². The number of carbonyl (C=O) groups is 1. The zero-order valence-corrected chi connectivity index (χ0v) is 20.4. The third-order valence-electron chi connectivity index (χ3n) is 5.38. The van der Waals surface area contributed by atoms with Crippen molar-refractivity contribution in [1.82, 2.24) is 10.2 Å². The van der Waals surface area contributed by atoms with Gasteiger partial charge in [0.2, 0.25) is 0 Å². The van der Waals surface area contributed by atoms with E-state index in [4.69, 9.17) is 14.6 Å². The number of amides is 1. The molecule has 2 aromatic carbocycles. The molecule has 0 bridgehead atoms. The molecule has 0 radical (unpaired) electrons. The molecule has 1 saturated heterocycles. The molecule has 2 aliphatic heterocycles. The van der Waals surface area contributed by atoms with Crippen molar-refractivity contribution in [1.29, 1.82) is 0 Å². The van der Waals surface area contributed by atoms with Gasteiger partial charge in [0.25, 0.3) is 0 Å². The van der Waals surface area contributed by atoms with Gasteiger partial charge >= 0.3 is 6.09 Å². The van der Waals surface area contributed by atoms with Gasteiger partial charge in [0.1, 0.15) is 28.2 Å². The van der Waals surface area contributed by atoms with Gasteiger partial charge in [-0.15, -0.1) is 0 Å². The number of nitrogens with two attached hydrogens (primary N) is 1. The lowest BCUT2D eigenvalue weighted by atomic mass is 10.0. The Morgan fingerprint density at radius 1 is 1.09 bits per heavy atom. The molecule has 0 aliphatic carbocycles. The van der Waals surface area contributed by atoms with Crippen LogP contribution in [0.2, 0.25) is 0 Å². The summed E-state index contributed by atoms with van der Waals surface area (Å²) in [6.45, 7) is 8.25. The quantitative estimate of drug-likeness (QED) is 0.678. The summed E-state index contributed by atoms with van der Waals surface area (Å²) < 4.78 is 46.4. The molecule has 3 unspecified atom stereocenters. The van der Waals surface area contributed by atoms with Crippen LogP contribution in [-0.2, 0) is 33.5 Å². The van der Waals surface area contributed by atoms with E-state index in [0.29, 0.717) is 18.1 Å². The Labute approximate surface area is 201 Å². The van der Waals surface area contributed by atoms with Gasteiger partial charge in [-0.1, -0.05) is 6.07 Å². The highest BCUT2D eigenvalue weighted by molar-refractivity contribution is 7.82. The molecular formula is C24H31F2N3O4S. The first-order valence-corrected chi connectivity index (χ1v) is 12.2. The third-order valence-corrected chi connectivity index (χ3v) is 6.10. The fourth-order valence-corrected chi connectivity index (χ4v) is 4.31. The van der Waals surface area contributed by atoms with Crippen LogP contribution < -0.4 is 10.5 Å². The number of hydrogen-bond acceptors (Lipinski definition) is 5. The maximum Gasteiger partial charge on any atom is 0.407 e. The van der Waals surface area contributed by atoms with Crippen LogP contribution in [0.4, 0.5) is 13.6 Å². The zero-order chi connectivity index (χ0) is 24.9. The maximum absolute atomic E-state index is 12.0. The Hall–Kier alpha value is -2.40. The first-order chi connectivity index (χ1) is 16.0. The van der Waals surface area contributed by atoms with E-state index in [2.05, 4.69) is 10.2 Å². The largest absolute Gasteiger partial charge is 0.444 e. The molecule has 3 N–H and O–H groups in total. The molecule has 1 fully saturated rings. The first-order valence-electron chi connectivity index (χ1n) is 11.0. The minimum atomic E-state index is -1.46. The van der Waals surface area contributed by atoms with E-state index < -0.39 is 34.3 Å². The Morgan fingerprint density at radius 3 is 2.29 bits per heavy atom. The molecule has 0 aromatic heterocycles. The number of hydrogen-bond donors (Lipinski definition) is 2. The number of carbonyl (C=O) groups excluding carboxylic acids is 1. The number of nitrogens with zero attached hydrogens (tertiary/aromatic N) is 1. The standard InChI is InChI=1S/C18H27N3O4S.C6H4F2/c1-18(2,3)25-17(22)20-14-7-15(11-24-10-14)21-8-12-4-5-16(26(19)23)6-13(12)9-21;7-5-1-2-6(8)4-3-5/h4-6,14-15H,7-11,19H2,1-3H3,(H,20,22);1-4H. The summed E-state index contributed by atoms with van der Waals surface area (Å²) in [7, 11) is -1.46. The molecule has 2 aromatic rings. The minimum absolute atomic E-state index is 0.0700. The first kappa shape index (κ1) is 26.2. The van der Waals surface area contributed by atoms with E-state index >= 15 is 0 Å². The SMILES string of the molecule is CC(C)(C)OC(=O)NC1COCC(N2Cc3ccc(S(N)=O)cc3C2)C1.Fc1ccc(F)cc1. The summed E-state index contributed by atoms with van der Waals surface area (Å²) >= 11 is 0. The maximum atomic E-state index is 12.0. The van der Waals surface area contributed by atoms with Crippen LogP contribution in [0, 0.1) is 11.6 Å². The van der Waals surface area contributed by atoms with E-state index in [0.717, 1.165) is 49.3 Å². The summed E-state index contributed by atoms with van der Waals surface area (Å²) in [5, 5.41) is 8.38. The van der Waals surface area contributed by atoms with Crippen LogP contribution in [0.5, 0.6) is 0 Å². The van der Waals surface area contributed by atoms with Gasteiger partial charge in [0.05, 0.1) is 24.2 Å². The van der Waals surface area contributed by atoms with Crippen molar-refractivity contribution in [2.45, 2.75) is 62.9 Å². The summed E-state index contributed by atoms with van der Waals surface area (Å²) in [5.41, 5.74) is 1.86. The molecule has 7 nitrogen and oxygen atoms in total. The monoisotopic (exact) mass is 495 g/mol. The normalized spacial score (nSPS) is 21.1. The van der Waals surface area contributed by atoms with Gasteiger partial charge in [0.15, 0.2) is 0 Å². The van der Waals surface area contributed by atoms with Gasteiger partial charge in [-0.2, -0.15) is 0 Å². The van der Waals surface area contributed by atoms with E-state index in [1.54, 1.807) is 0 Å². The number of alkyl carbamates (subject to hydrolysis) is 1. The smallest absolute Gasteiger partial charge is 0.407 e. The second-order valence-electron chi connectivity index (χ2n) is 9.34. The van der Waals surface area contributed by atoms with Crippen LogP contribution in [0.25, 0.3) is 0 Å². The lowest BCUT2D eigenvalue weighted by Gasteiger charge is -2.35. The van der Waals surface area contributed by atoms with Crippen LogP contribution in [-0.4, -0.2) is 46.1 Å². The number of fused-ring (bicyclic) bond motifs is 1. The average molecular weight is 496 g/mol. The van der Waals surface area contributed by atoms with Crippen molar-refractivity contribution in [3.63, 3.8) is 0 Å². The summed E-state index contributed by atoms with van der Waals surface area (Å²) in [6.07, 6.45) is 0.398. The number of ether oxygens (including phenoxy) is 2. The summed E-state index contributed by atoms with van der Waals surface area (Å²) in [6, 6.07) is 10.2. The van der Waals surface area contributed by atoms with Crippen molar-refractivity contribution >= 4 is 17.1 Å². The van der Waals surface area contributed by atoms with Gasteiger partial charge in [-0.05, 0) is 74.7 Å². The Kier molecular flexibility index (Phi) is 8.75. The van der Waals surface area contributed by atoms with Gasteiger partial charge in [-0.25, -0.2) is 22.9 Å². The second kappa shape index (κ2) is 11.4. The molecule has 2 heterocycles. The van der Waals surface area contributed by atoms with Gasteiger partial charge in [-0.3, -0.25) is 4.90 Å². The van der Waals surface area contributed by atoms with Crippen molar-refractivity contribution in [2.75, 3.05) is 13.2 Å². The van der Waals surface area contributed by atoms with Crippen molar-refractivity contribution in [2.24, 2.45) is 5.14 Å². The van der Waals surface area contributed by atoms with E-state index in [-0.39, 0.29) is 12.1 Å². The molecule has 1 amide bonds.